The molecule has 0 fully saturated rings. The largest absolute Gasteiger partial charge is 0.383 e. The molecule has 3 nitrogen and oxygen atoms in total. The van der Waals surface area contributed by atoms with E-state index in [4.69, 9.17) is 0 Å². The second kappa shape index (κ2) is 6.53. The highest BCUT2D eigenvalue weighted by molar-refractivity contribution is 5.92. The van der Waals surface area contributed by atoms with Crippen molar-refractivity contribution in [2.45, 2.75) is 20.8 Å². The number of fused-ring (bicyclic) bond motifs is 1. The third-order valence-electron chi connectivity index (χ3n) is 3.61. The van der Waals surface area contributed by atoms with Crippen LogP contribution < -0.4 is 5.32 Å². The lowest BCUT2D eigenvalue weighted by molar-refractivity contribution is 0.316. The first-order valence-electron chi connectivity index (χ1n) is 7.06. The number of hydrogen-bond donors (Lipinski definition) is 1. The van der Waals surface area contributed by atoms with E-state index in [2.05, 4.69) is 60.2 Å². The third-order valence-corrected chi connectivity index (χ3v) is 3.61. The van der Waals surface area contributed by atoms with Crippen molar-refractivity contribution in [2.75, 3.05) is 31.5 Å². The molecule has 0 amide bonds. The zero-order chi connectivity index (χ0) is 13.7. The highest BCUT2D eigenvalue weighted by atomic mass is 15.1. The maximum Gasteiger partial charge on any atom is 0.0751 e. The van der Waals surface area contributed by atoms with Gasteiger partial charge in [0.2, 0.25) is 0 Å². The molecule has 19 heavy (non-hydrogen) atoms. The summed E-state index contributed by atoms with van der Waals surface area (Å²) >= 11 is 0. The van der Waals surface area contributed by atoms with Crippen molar-refractivity contribution in [3.8, 4) is 0 Å². The van der Waals surface area contributed by atoms with Crippen molar-refractivity contribution < 1.29 is 0 Å². The van der Waals surface area contributed by atoms with Gasteiger partial charge in [-0.2, -0.15) is 0 Å². The van der Waals surface area contributed by atoms with E-state index in [-0.39, 0.29) is 0 Å². The Hall–Kier alpha value is -1.61. The summed E-state index contributed by atoms with van der Waals surface area (Å²) in [5, 5.41) is 4.74. The van der Waals surface area contributed by atoms with Crippen LogP contribution in [0.25, 0.3) is 10.9 Å². The van der Waals surface area contributed by atoms with Crippen LogP contribution in [0.3, 0.4) is 0 Å². The zero-order valence-electron chi connectivity index (χ0n) is 12.1. The second-order valence-electron chi connectivity index (χ2n) is 4.78. The van der Waals surface area contributed by atoms with E-state index in [1.54, 1.807) is 0 Å². The van der Waals surface area contributed by atoms with E-state index in [0.717, 1.165) is 31.7 Å². The quantitative estimate of drug-likeness (QED) is 0.860. The number of nitrogens with zero attached hydrogens (tertiary/aromatic N) is 2. The molecule has 0 spiro atoms. The Kier molecular flexibility index (Phi) is 4.74. The third kappa shape index (κ3) is 3.24. The van der Waals surface area contributed by atoms with Crippen LogP contribution in [0.1, 0.15) is 19.4 Å². The van der Waals surface area contributed by atoms with Crippen LogP contribution >= 0.6 is 0 Å². The number of aryl methyl sites for hydroxylation is 1. The fourth-order valence-electron chi connectivity index (χ4n) is 2.37. The van der Waals surface area contributed by atoms with Crippen molar-refractivity contribution in [1.82, 2.24) is 9.88 Å². The van der Waals surface area contributed by atoms with E-state index in [1.807, 2.05) is 6.20 Å². The minimum absolute atomic E-state index is 0.967. The van der Waals surface area contributed by atoms with E-state index in [9.17, 15) is 0 Å². The molecule has 1 aromatic carbocycles. The molecule has 0 aliphatic rings. The molecule has 0 saturated carbocycles. The number of anilines is 1. The number of nitrogens with one attached hydrogen (secondary N) is 1. The van der Waals surface area contributed by atoms with E-state index < -0.39 is 0 Å². The number of para-hydroxylation sites is 1. The summed E-state index contributed by atoms with van der Waals surface area (Å²) in [5.41, 5.74) is 3.50. The summed E-state index contributed by atoms with van der Waals surface area (Å²) in [6.45, 7) is 10.8. The first kappa shape index (κ1) is 13.8. The van der Waals surface area contributed by atoms with Crippen LogP contribution in [0.2, 0.25) is 0 Å². The van der Waals surface area contributed by atoms with Crippen LogP contribution in [0, 0.1) is 6.92 Å². The standard InChI is InChI=1S/C16H23N3/c1-4-19(5-2)12-11-17-15-9-10-18-16-13(3)7-6-8-14(15)16/h6-10H,4-5,11-12H2,1-3H3,(H,17,18). The normalized spacial score (nSPS) is 11.2. The number of pyridine rings is 1. The smallest absolute Gasteiger partial charge is 0.0751 e. The molecule has 0 unspecified atom stereocenters. The minimum Gasteiger partial charge on any atom is -0.383 e. The second-order valence-corrected chi connectivity index (χ2v) is 4.78. The number of benzene rings is 1. The van der Waals surface area contributed by atoms with Gasteiger partial charge in [-0.05, 0) is 31.6 Å². The van der Waals surface area contributed by atoms with Crippen molar-refractivity contribution in [3.05, 3.63) is 36.0 Å². The molecular weight excluding hydrogens is 234 g/mol. The molecule has 1 aromatic heterocycles. The Morgan fingerprint density at radius 1 is 1.16 bits per heavy atom. The van der Waals surface area contributed by atoms with Gasteiger partial charge in [0.05, 0.1) is 5.52 Å². The molecule has 2 aromatic rings. The fourth-order valence-corrected chi connectivity index (χ4v) is 2.37. The number of aromatic nitrogens is 1. The number of hydrogen-bond acceptors (Lipinski definition) is 3. The summed E-state index contributed by atoms with van der Waals surface area (Å²) in [7, 11) is 0. The van der Waals surface area contributed by atoms with Crippen LogP contribution in [0.4, 0.5) is 5.69 Å². The van der Waals surface area contributed by atoms with Gasteiger partial charge in [-0.25, -0.2) is 0 Å². The summed E-state index contributed by atoms with van der Waals surface area (Å²) in [6, 6.07) is 8.39. The molecule has 0 radical (unpaired) electrons. The van der Waals surface area contributed by atoms with Crippen LogP contribution in [0.15, 0.2) is 30.5 Å². The summed E-state index contributed by atoms with van der Waals surface area (Å²) in [4.78, 5) is 6.88. The number of likely N-dealkylation sites (N-methyl/N-ethyl adjacent to an activating group) is 1. The highest BCUT2D eigenvalue weighted by Crippen LogP contribution is 2.23. The Labute approximate surface area is 115 Å². The van der Waals surface area contributed by atoms with Crippen molar-refractivity contribution in [3.63, 3.8) is 0 Å². The Morgan fingerprint density at radius 2 is 1.95 bits per heavy atom. The van der Waals surface area contributed by atoms with Gasteiger partial charge in [0.1, 0.15) is 0 Å². The molecule has 0 aliphatic heterocycles. The molecule has 0 atom stereocenters. The van der Waals surface area contributed by atoms with Gasteiger partial charge < -0.3 is 10.2 Å². The summed E-state index contributed by atoms with van der Waals surface area (Å²) in [6.07, 6.45) is 1.88. The maximum atomic E-state index is 4.47. The van der Waals surface area contributed by atoms with Crippen LogP contribution in [0.5, 0.6) is 0 Å². The van der Waals surface area contributed by atoms with E-state index >= 15 is 0 Å². The Morgan fingerprint density at radius 3 is 2.68 bits per heavy atom. The summed E-state index contributed by atoms with van der Waals surface area (Å²) in [5.74, 6) is 0. The molecule has 2 rings (SSSR count). The van der Waals surface area contributed by atoms with Crippen LogP contribution in [-0.4, -0.2) is 36.1 Å². The highest BCUT2D eigenvalue weighted by Gasteiger charge is 2.04. The first-order chi connectivity index (χ1) is 9.26. The van der Waals surface area contributed by atoms with Gasteiger partial charge in [0.15, 0.2) is 0 Å². The van der Waals surface area contributed by atoms with Gasteiger partial charge >= 0.3 is 0 Å². The number of rotatable bonds is 6. The summed E-state index contributed by atoms with van der Waals surface area (Å²) < 4.78 is 0. The van der Waals surface area contributed by atoms with Gasteiger partial charge in [0.25, 0.3) is 0 Å². The molecule has 1 N–H and O–H groups in total. The lowest BCUT2D eigenvalue weighted by atomic mass is 10.1. The molecule has 102 valence electrons. The van der Waals surface area contributed by atoms with Gasteiger partial charge in [-0.15, -0.1) is 0 Å². The molecule has 0 bridgehead atoms. The van der Waals surface area contributed by atoms with Crippen molar-refractivity contribution in [2.24, 2.45) is 0 Å². The van der Waals surface area contributed by atoms with Gasteiger partial charge in [-0.3, -0.25) is 4.98 Å². The SMILES string of the molecule is CCN(CC)CCNc1ccnc2c(C)cccc12. The Bertz CT molecular complexity index is 533. The predicted octanol–water partition coefficient (Wildman–Crippen LogP) is 3.30. The van der Waals surface area contributed by atoms with E-state index in [1.165, 1.54) is 16.6 Å². The molecule has 3 heteroatoms. The topological polar surface area (TPSA) is 28.2 Å². The average molecular weight is 257 g/mol. The van der Waals surface area contributed by atoms with Gasteiger partial charge in [-0.1, -0.05) is 32.0 Å². The predicted molar refractivity (Wildman–Crippen MR) is 82.8 cm³/mol. The Balaban J connectivity index is 2.11. The van der Waals surface area contributed by atoms with Crippen molar-refractivity contribution >= 4 is 16.6 Å². The van der Waals surface area contributed by atoms with E-state index in [0.29, 0.717) is 0 Å². The lowest BCUT2D eigenvalue weighted by Crippen LogP contribution is -2.28. The van der Waals surface area contributed by atoms with Gasteiger partial charge in [0, 0.05) is 30.4 Å². The molecule has 0 saturated heterocycles. The van der Waals surface area contributed by atoms with Crippen molar-refractivity contribution in [1.29, 1.82) is 0 Å². The molecule has 0 aliphatic carbocycles. The maximum absolute atomic E-state index is 4.47. The minimum atomic E-state index is 0.967. The zero-order valence-corrected chi connectivity index (χ0v) is 12.1. The lowest BCUT2D eigenvalue weighted by Gasteiger charge is -2.19. The van der Waals surface area contributed by atoms with Crippen LogP contribution in [-0.2, 0) is 0 Å². The monoisotopic (exact) mass is 257 g/mol. The fraction of sp³-hybridized carbons (Fsp3) is 0.438. The molecule has 1 heterocycles. The molecular formula is C16H23N3. The first-order valence-corrected chi connectivity index (χ1v) is 7.06. The average Bonchev–Trinajstić information content (AvgIpc) is 2.44.